The highest BCUT2D eigenvalue weighted by Gasteiger charge is 2.27. The van der Waals surface area contributed by atoms with Crippen LogP contribution in [-0.2, 0) is 15.2 Å². The summed E-state index contributed by atoms with van der Waals surface area (Å²) in [6.45, 7) is 0. The van der Waals surface area contributed by atoms with E-state index in [0.29, 0.717) is 22.3 Å². The molecular weight excluding hydrogens is 618 g/mol. The average molecular weight is 626 g/mol. The Morgan fingerprint density at radius 3 is 0.464 bits per heavy atom. The molecule has 0 unspecified atom stereocenters. The quantitative estimate of drug-likeness (QED) is 0.256. The van der Waals surface area contributed by atoms with Gasteiger partial charge in [-0.1, -0.05) is 188 Å². The topological polar surface area (TPSA) is 0 Å². The SMILES string of the molecule is ClC(Cl)(Cl)c1ccc(C(Cl)(Cl)Cl)cc1.ClC(Cl)(Cl)c1ccc(C(Cl)(Cl)Cl)cc1. The van der Waals surface area contributed by atoms with Gasteiger partial charge in [-0.2, -0.15) is 0 Å². The van der Waals surface area contributed by atoms with E-state index in [1.165, 1.54) is 0 Å². The van der Waals surface area contributed by atoms with Gasteiger partial charge in [-0.3, -0.25) is 0 Å². The van der Waals surface area contributed by atoms with Gasteiger partial charge < -0.3 is 0 Å². The van der Waals surface area contributed by atoms with E-state index in [0.717, 1.165) is 0 Å². The molecule has 0 saturated heterocycles. The highest BCUT2D eigenvalue weighted by atomic mass is 35.6. The van der Waals surface area contributed by atoms with E-state index < -0.39 is 15.2 Å². The van der Waals surface area contributed by atoms with Crippen LogP contribution in [0.25, 0.3) is 0 Å². The van der Waals surface area contributed by atoms with E-state index in [-0.39, 0.29) is 0 Å². The van der Waals surface area contributed by atoms with Crippen molar-refractivity contribution in [2.45, 2.75) is 15.2 Å². The molecule has 0 fully saturated rings. The Balaban J connectivity index is 0.000000280. The van der Waals surface area contributed by atoms with Crippen LogP contribution in [-0.4, -0.2) is 0 Å². The van der Waals surface area contributed by atoms with Gasteiger partial charge in [0.25, 0.3) is 0 Å². The van der Waals surface area contributed by atoms with Gasteiger partial charge in [0.05, 0.1) is 0 Å². The Kier molecular flexibility index (Phi) is 10.7. The molecule has 2 rings (SSSR count). The lowest BCUT2D eigenvalue weighted by atomic mass is 10.2. The van der Waals surface area contributed by atoms with Crippen LogP contribution in [0.5, 0.6) is 0 Å². The van der Waals surface area contributed by atoms with Gasteiger partial charge in [-0.15, -0.1) is 0 Å². The van der Waals surface area contributed by atoms with Crippen molar-refractivity contribution in [1.29, 1.82) is 0 Å². The maximum absolute atomic E-state index is 5.66. The fraction of sp³-hybridized carbons (Fsp3) is 0.250. The zero-order valence-electron chi connectivity index (χ0n) is 13.2. The highest BCUT2D eigenvalue weighted by molar-refractivity contribution is 6.68. The number of hydrogen-bond acceptors (Lipinski definition) is 0. The molecule has 0 amide bonds. The third-order valence-corrected chi connectivity index (χ3v) is 5.70. The maximum atomic E-state index is 5.66. The molecule has 12 heteroatoms. The lowest BCUT2D eigenvalue weighted by Crippen LogP contribution is -2.03. The minimum atomic E-state index is -1.45. The number of halogens is 12. The van der Waals surface area contributed by atoms with Gasteiger partial charge >= 0.3 is 0 Å². The maximum Gasteiger partial charge on any atom is 0.216 e. The molecule has 0 saturated carbocycles. The summed E-state index contributed by atoms with van der Waals surface area (Å²) >= 11 is 67.9. The molecule has 0 bridgehead atoms. The van der Waals surface area contributed by atoms with Crippen molar-refractivity contribution in [3.8, 4) is 0 Å². The number of hydrogen-bond donors (Lipinski definition) is 0. The lowest BCUT2D eigenvalue weighted by Gasteiger charge is -2.14. The molecule has 0 aliphatic heterocycles. The van der Waals surface area contributed by atoms with Gasteiger partial charge in [0.1, 0.15) is 0 Å². The van der Waals surface area contributed by atoms with Gasteiger partial charge in [0.2, 0.25) is 15.2 Å². The molecule has 0 nitrogen and oxygen atoms in total. The van der Waals surface area contributed by atoms with Crippen LogP contribution >= 0.6 is 139 Å². The summed E-state index contributed by atoms with van der Waals surface area (Å²) in [4.78, 5) is 0. The smallest absolute Gasteiger partial charge is 0.0784 e. The van der Waals surface area contributed by atoms with Crippen molar-refractivity contribution >= 4 is 139 Å². The summed E-state index contributed by atoms with van der Waals surface area (Å²) in [7, 11) is 0. The normalized spacial score (nSPS) is 13.0. The Morgan fingerprint density at radius 2 is 0.393 bits per heavy atom. The number of rotatable bonds is 0. The third kappa shape index (κ3) is 9.60. The van der Waals surface area contributed by atoms with Crippen LogP contribution in [0.2, 0.25) is 0 Å². The second kappa shape index (κ2) is 10.7. The molecule has 0 heterocycles. The standard InChI is InChI=1S/2C8H4Cl6/c2*9-7(10,11)5-1-2-6(4-3-5)8(12,13)14/h2*1-4H. The third-order valence-electron chi connectivity index (χ3n) is 3.08. The van der Waals surface area contributed by atoms with Crippen molar-refractivity contribution in [3.63, 3.8) is 0 Å². The summed E-state index contributed by atoms with van der Waals surface area (Å²) in [5.74, 6) is 0. The summed E-state index contributed by atoms with van der Waals surface area (Å²) in [6, 6.07) is 12.8. The van der Waals surface area contributed by atoms with Crippen LogP contribution < -0.4 is 0 Å². The first kappa shape index (κ1) is 28.0. The van der Waals surface area contributed by atoms with E-state index >= 15 is 0 Å². The highest BCUT2D eigenvalue weighted by Crippen LogP contribution is 2.43. The summed E-state index contributed by atoms with van der Waals surface area (Å²) < 4.78 is -5.81. The molecule has 2 aromatic carbocycles. The van der Waals surface area contributed by atoms with Crippen molar-refractivity contribution in [1.82, 2.24) is 0 Å². The van der Waals surface area contributed by atoms with Crippen molar-refractivity contribution in [3.05, 3.63) is 70.8 Å². The molecule has 0 atom stereocenters. The van der Waals surface area contributed by atoms with Gasteiger partial charge in [-0.25, -0.2) is 0 Å². The second-order valence-corrected chi connectivity index (χ2v) is 14.3. The van der Waals surface area contributed by atoms with Crippen molar-refractivity contribution in [2.24, 2.45) is 0 Å². The average Bonchev–Trinajstić information content (AvgIpc) is 2.52. The summed E-state index contributed by atoms with van der Waals surface area (Å²) in [5, 5.41) is 0. The molecule has 156 valence electrons. The Hall–Kier alpha value is 1.92. The number of benzene rings is 2. The summed E-state index contributed by atoms with van der Waals surface area (Å²) in [5.41, 5.74) is 2.11. The van der Waals surface area contributed by atoms with Crippen LogP contribution in [0.1, 0.15) is 22.3 Å². The summed E-state index contributed by atoms with van der Waals surface area (Å²) in [6.07, 6.45) is 0. The first-order valence-electron chi connectivity index (χ1n) is 6.91. The van der Waals surface area contributed by atoms with E-state index in [1.807, 2.05) is 0 Å². The molecule has 0 radical (unpaired) electrons. The monoisotopic (exact) mass is 620 g/mol. The predicted molar refractivity (Wildman–Crippen MR) is 130 cm³/mol. The van der Waals surface area contributed by atoms with Crippen LogP contribution in [0.4, 0.5) is 0 Å². The largest absolute Gasteiger partial charge is 0.216 e. The van der Waals surface area contributed by atoms with Gasteiger partial charge in [-0.05, 0) is 0 Å². The lowest BCUT2D eigenvalue weighted by molar-refractivity contribution is 1.19. The Labute approximate surface area is 223 Å². The minimum absolute atomic E-state index is 0.528. The fourth-order valence-corrected chi connectivity index (χ4v) is 3.21. The molecule has 0 aliphatic carbocycles. The van der Waals surface area contributed by atoms with Gasteiger partial charge in [0.15, 0.2) is 0 Å². The predicted octanol–water partition coefficient (Wildman–Crippen LogP) is 10.7. The van der Waals surface area contributed by atoms with E-state index in [4.69, 9.17) is 139 Å². The second-order valence-electron chi connectivity index (χ2n) is 5.15. The van der Waals surface area contributed by atoms with Crippen LogP contribution in [0.3, 0.4) is 0 Å². The molecule has 0 N–H and O–H groups in total. The molecule has 2 aromatic rings. The zero-order valence-corrected chi connectivity index (χ0v) is 22.2. The molecule has 28 heavy (non-hydrogen) atoms. The van der Waals surface area contributed by atoms with Crippen LogP contribution in [0.15, 0.2) is 48.5 Å². The van der Waals surface area contributed by atoms with Crippen LogP contribution in [0, 0.1) is 0 Å². The molecule has 0 spiro atoms. The minimum Gasteiger partial charge on any atom is -0.0784 e. The first-order valence-corrected chi connectivity index (χ1v) is 11.4. The Bertz CT molecular complexity index is 610. The molecule has 0 aliphatic rings. The molecule has 0 aromatic heterocycles. The fourth-order valence-electron chi connectivity index (χ4n) is 1.70. The van der Waals surface area contributed by atoms with Gasteiger partial charge in [0, 0.05) is 22.3 Å². The first-order chi connectivity index (χ1) is 12.4. The zero-order chi connectivity index (χ0) is 22.0. The molecular formula is C16H8Cl12. The van der Waals surface area contributed by atoms with E-state index in [9.17, 15) is 0 Å². The van der Waals surface area contributed by atoms with Crippen molar-refractivity contribution in [2.75, 3.05) is 0 Å². The van der Waals surface area contributed by atoms with E-state index in [1.54, 1.807) is 48.5 Å². The Morgan fingerprint density at radius 1 is 0.286 bits per heavy atom. The number of alkyl halides is 12. The van der Waals surface area contributed by atoms with E-state index in [2.05, 4.69) is 0 Å². The van der Waals surface area contributed by atoms with Crippen molar-refractivity contribution < 1.29 is 0 Å².